The van der Waals surface area contributed by atoms with Gasteiger partial charge >= 0.3 is 0 Å². The Balaban J connectivity index is 2.28. The van der Waals surface area contributed by atoms with Crippen molar-refractivity contribution in [2.75, 3.05) is 5.32 Å². The van der Waals surface area contributed by atoms with Crippen molar-refractivity contribution < 1.29 is 0 Å². The third-order valence-corrected chi connectivity index (χ3v) is 2.67. The van der Waals surface area contributed by atoms with Crippen molar-refractivity contribution in [1.29, 1.82) is 5.26 Å². The summed E-state index contributed by atoms with van der Waals surface area (Å²) in [6.45, 7) is 2.13. The highest BCUT2D eigenvalue weighted by atomic mass is 14.9. The molecule has 1 N–H and O–H groups in total. The fourth-order valence-corrected chi connectivity index (χ4v) is 1.77. The standard InChI is InChI=1S/C15H14N2/c1-2-13-7-3-4-9-15(13)17-14-8-5-6-12(10-14)11-16/h3-10,17H,2H2,1H3. The van der Waals surface area contributed by atoms with E-state index in [1.165, 1.54) is 5.56 Å². The van der Waals surface area contributed by atoms with Crippen LogP contribution < -0.4 is 5.32 Å². The molecule has 2 aromatic rings. The van der Waals surface area contributed by atoms with E-state index in [9.17, 15) is 0 Å². The second kappa shape index (κ2) is 5.18. The van der Waals surface area contributed by atoms with E-state index in [1.807, 2.05) is 30.3 Å². The Morgan fingerprint density at radius 3 is 2.71 bits per heavy atom. The molecular formula is C15H14N2. The number of aryl methyl sites for hydroxylation is 1. The van der Waals surface area contributed by atoms with Gasteiger partial charge in [0.2, 0.25) is 0 Å². The van der Waals surface area contributed by atoms with Gasteiger partial charge in [-0.25, -0.2) is 0 Å². The number of hydrogen-bond acceptors (Lipinski definition) is 2. The number of nitrogens with zero attached hydrogens (tertiary/aromatic N) is 1. The Hall–Kier alpha value is -2.27. The molecule has 0 unspecified atom stereocenters. The zero-order valence-electron chi connectivity index (χ0n) is 9.77. The fourth-order valence-electron chi connectivity index (χ4n) is 1.77. The quantitative estimate of drug-likeness (QED) is 0.855. The van der Waals surface area contributed by atoms with E-state index in [4.69, 9.17) is 5.26 Å². The Kier molecular flexibility index (Phi) is 3.42. The van der Waals surface area contributed by atoms with Crippen LogP contribution in [0.15, 0.2) is 48.5 Å². The van der Waals surface area contributed by atoms with Crippen molar-refractivity contribution in [2.24, 2.45) is 0 Å². The van der Waals surface area contributed by atoms with E-state index in [-0.39, 0.29) is 0 Å². The van der Waals surface area contributed by atoms with Crippen LogP contribution in [0.4, 0.5) is 11.4 Å². The summed E-state index contributed by atoms with van der Waals surface area (Å²) < 4.78 is 0. The first-order valence-corrected chi connectivity index (χ1v) is 5.68. The number of rotatable bonds is 3. The lowest BCUT2D eigenvalue weighted by Gasteiger charge is -2.10. The van der Waals surface area contributed by atoms with Crippen LogP contribution in [0.1, 0.15) is 18.1 Å². The highest BCUT2D eigenvalue weighted by Crippen LogP contribution is 2.21. The van der Waals surface area contributed by atoms with Crippen LogP contribution in [-0.2, 0) is 6.42 Å². The van der Waals surface area contributed by atoms with Gasteiger partial charge in [0.05, 0.1) is 11.6 Å². The molecule has 0 radical (unpaired) electrons. The molecule has 0 spiro atoms. The molecule has 0 bridgehead atoms. The number of para-hydroxylation sites is 1. The molecule has 0 amide bonds. The molecule has 0 atom stereocenters. The van der Waals surface area contributed by atoms with E-state index in [0.717, 1.165) is 17.8 Å². The van der Waals surface area contributed by atoms with Gasteiger partial charge in [-0.05, 0) is 36.2 Å². The van der Waals surface area contributed by atoms with Gasteiger partial charge in [0.1, 0.15) is 0 Å². The third kappa shape index (κ3) is 2.64. The van der Waals surface area contributed by atoms with Crippen LogP contribution in [-0.4, -0.2) is 0 Å². The number of benzene rings is 2. The Morgan fingerprint density at radius 1 is 1.12 bits per heavy atom. The van der Waals surface area contributed by atoms with Gasteiger partial charge in [0.25, 0.3) is 0 Å². The van der Waals surface area contributed by atoms with Crippen LogP contribution in [0.3, 0.4) is 0 Å². The van der Waals surface area contributed by atoms with Crippen molar-refractivity contribution in [1.82, 2.24) is 0 Å². The summed E-state index contributed by atoms with van der Waals surface area (Å²) in [7, 11) is 0. The Morgan fingerprint density at radius 2 is 1.94 bits per heavy atom. The maximum absolute atomic E-state index is 8.85. The molecule has 0 aromatic heterocycles. The second-order valence-electron chi connectivity index (χ2n) is 3.83. The van der Waals surface area contributed by atoms with E-state index in [2.05, 4.69) is 30.4 Å². The third-order valence-electron chi connectivity index (χ3n) is 2.67. The predicted molar refractivity (Wildman–Crippen MR) is 70.3 cm³/mol. The number of nitrogens with one attached hydrogen (secondary N) is 1. The van der Waals surface area contributed by atoms with Crippen molar-refractivity contribution >= 4 is 11.4 Å². The van der Waals surface area contributed by atoms with Gasteiger partial charge in [-0.15, -0.1) is 0 Å². The molecule has 2 heteroatoms. The summed E-state index contributed by atoms with van der Waals surface area (Å²) in [5, 5.41) is 12.2. The molecule has 2 aromatic carbocycles. The van der Waals surface area contributed by atoms with Crippen LogP contribution in [0, 0.1) is 11.3 Å². The van der Waals surface area contributed by atoms with Gasteiger partial charge in [-0.2, -0.15) is 5.26 Å². The van der Waals surface area contributed by atoms with Crippen LogP contribution >= 0.6 is 0 Å². The lowest BCUT2D eigenvalue weighted by molar-refractivity contribution is 1.14. The summed E-state index contributed by atoms with van der Waals surface area (Å²) in [6, 6.07) is 17.9. The molecule has 0 aliphatic rings. The summed E-state index contributed by atoms with van der Waals surface area (Å²) in [5.41, 5.74) is 3.99. The molecule has 2 nitrogen and oxygen atoms in total. The van der Waals surface area contributed by atoms with Crippen molar-refractivity contribution in [3.8, 4) is 6.07 Å². The lowest BCUT2D eigenvalue weighted by Crippen LogP contribution is -1.95. The molecule has 2 rings (SSSR count). The summed E-state index contributed by atoms with van der Waals surface area (Å²) >= 11 is 0. The van der Waals surface area contributed by atoms with Crippen LogP contribution in [0.5, 0.6) is 0 Å². The number of anilines is 2. The molecule has 0 aliphatic carbocycles. The molecule has 0 saturated carbocycles. The minimum atomic E-state index is 0.670. The van der Waals surface area contributed by atoms with Gasteiger partial charge in [0.15, 0.2) is 0 Å². The topological polar surface area (TPSA) is 35.8 Å². The first-order chi connectivity index (χ1) is 8.33. The number of nitriles is 1. The fraction of sp³-hybridized carbons (Fsp3) is 0.133. The van der Waals surface area contributed by atoms with E-state index >= 15 is 0 Å². The molecule has 0 saturated heterocycles. The average Bonchev–Trinajstić information content (AvgIpc) is 2.39. The smallest absolute Gasteiger partial charge is 0.0992 e. The minimum absolute atomic E-state index is 0.670. The van der Waals surface area contributed by atoms with E-state index in [1.54, 1.807) is 6.07 Å². The predicted octanol–water partition coefficient (Wildman–Crippen LogP) is 3.86. The van der Waals surface area contributed by atoms with Gasteiger partial charge in [0, 0.05) is 11.4 Å². The SMILES string of the molecule is CCc1ccccc1Nc1cccc(C#N)c1. The van der Waals surface area contributed by atoms with Gasteiger partial charge in [-0.3, -0.25) is 0 Å². The summed E-state index contributed by atoms with van der Waals surface area (Å²) in [5.74, 6) is 0. The van der Waals surface area contributed by atoms with Crippen LogP contribution in [0.25, 0.3) is 0 Å². The minimum Gasteiger partial charge on any atom is -0.355 e. The van der Waals surface area contributed by atoms with Crippen molar-refractivity contribution in [3.05, 3.63) is 59.7 Å². The Bertz CT molecular complexity index is 553. The molecular weight excluding hydrogens is 208 g/mol. The summed E-state index contributed by atoms with van der Waals surface area (Å²) in [6.07, 6.45) is 0.987. The Labute approximate surface area is 102 Å². The molecule has 0 heterocycles. The molecule has 0 aliphatic heterocycles. The maximum Gasteiger partial charge on any atom is 0.0992 e. The van der Waals surface area contributed by atoms with E-state index in [0.29, 0.717) is 5.56 Å². The highest BCUT2D eigenvalue weighted by Gasteiger charge is 2.00. The first-order valence-electron chi connectivity index (χ1n) is 5.68. The molecule has 0 fully saturated rings. The van der Waals surface area contributed by atoms with Crippen molar-refractivity contribution in [2.45, 2.75) is 13.3 Å². The first kappa shape index (κ1) is 11.2. The normalized spacial score (nSPS) is 9.65. The maximum atomic E-state index is 8.85. The number of hydrogen-bond donors (Lipinski definition) is 1. The van der Waals surface area contributed by atoms with Gasteiger partial charge in [-0.1, -0.05) is 31.2 Å². The van der Waals surface area contributed by atoms with Crippen LogP contribution in [0.2, 0.25) is 0 Å². The molecule has 84 valence electrons. The molecule has 17 heavy (non-hydrogen) atoms. The summed E-state index contributed by atoms with van der Waals surface area (Å²) in [4.78, 5) is 0. The van der Waals surface area contributed by atoms with E-state index < -0.39 is 0 Å². The van der Waals surface area contributed by atoms with Gasteiger partial charge < -0.3 is 5.32 Å². The largest absolute Gasteiger partial charge is 0.355 e. The average molecular weight is 222 g/mol. The van der Waals surface area contributed by atoms with Crippen molar-refractivity contribution in [3.63, 3.8) is 0 Å². The highest BCUT2D eigenvalue weighted by molar-refractivity contribution is 5.64. The second-order valence-corrected chi connectivity index (χ2v) is 3.83. The lowest BCUT2D eigenvalue weighted by atomic mass is 10.1. The zero-order valence-corrected chi connectivity index (χ0v) is 9.77. The zero-order chi connectivity index (χ0) is 12.1. The monoisotopic (exact) mass is 222 g/mol.